The first-order valence-electron chi connectivity index (χ1n) is 8.91. The highest BCUT2D eigenvalue weighted by Gasteiger charge is 2.43. The van der Waals surface area contributed by atoms with Crippen molar-refractivity contribution < 1.29 is 9.53 Å². The molecule has 0 bridgehead atoms. The second kappa shape index (κ2) is 6.84. The molecule has 25 heavy (non-hydrogen) atoms. The lowest BCUT2D eigenvalue weighted by atomic mass is 9.86. The molecule has 4 rings (SSSR count). The summed E-state index contributed by atoms with van der Waals surface area (Å²) >= 11 is 0. The summed E-state index contributed by atoms with van der Waals surface area (Å²) in [4.78, 5) is 16.5. The van der Waals surface area contributed by atoms with E-state index >= 15 is 0 Å². The number of nitrogens with zero attached hydrogens (tertiary/aromatic N) is 1. The van der Waals surface area contributed by atoms with Crippen molar-refractivity contribution in [2.45, 2.75) is 37.3 Å². The van der Waals surface area contributed by atoms with Gasteiger partial charge in [-0.1, -0.05) is 18.2 Å². The molecule has 1 amide bonds. The van der Waals surface area contributed by atoms with E-state index in [1.165, 1.54) is 0 Å². The predicted molar refractivity (Wildman–Crippen MR) is 95.3 cm³/mol. The van der Waals surface area contributed by atoms with Crippen LogP contribution in [-0.2, 0) is 11.2 Å². The second-order valence-corrected chi connectivity index (χ2v) is 6.93. The molecule has 2 N–H and O–H groups in total. The van der Waals surface area contributed by atoms with Crippen LogP contribution in [0.1, 0.15) is 36.4 Å². The van der Waals surface area contributed by atoms with Crippen LogP contribution >= 0.6 is 0 Å². The van der Waals surface area contributed by atoms with Crippen LogP contribution in [0.5, 0.6) is 5.75 Å². The van der Waals surface area contributed by atoms with Crippen molar-refractivity contribution in [1.29, 1.82) is 0 Å². The van der Waals surface area contributed by atoms with Crippen molar-refractivity contribution in [3.05, 3.63) is 59.9 Å². The Labute approximate surface area is 147 Å². The lowest BCUT2D eigenvalue weighted by Gasteiger charge is -2.39. The third-order valence-corrected chi connectivity index (χ3v) is 5.13. The van der Waals surface area contributed by atoms with E-state index in [9.17, 15) is 4.79 Å². The first-order valence-corrected chi connectivity index (χ1v) is 8.91. The van der Waals surface area contributed by atoms with Crippen molar-refractivity contribution in [3.63, 3.8) is 0 Å². The topological polar surface area (TPSA) is 63.2 Å². The van der Waals surface area contributed by atoms with Crippen LogP contribution in [0.25, 0.3) is 0 Å². The highest BCUT2D eigenvalue weighted by Crippen LogP contribution is 2.42. The zero-order valence-corrected chi connectivity index (χ0v) is 14.2. The van der Waals surface area contributed by atoms with E-state index in [-0.39, 0.29) is 17.6 Å². The fourth-order valence-electron chi connectivity index (χ4n) is 3.80. The van der Waals surface area contributed by atoms with Gasteiger partial charge in [0.05, 0.1) is 6.04 Å². The monoisotopic (exact) mass is 337 g/mol. The van der Waals surface area contributed by atoms with Crippen LogP contribution in [0.3, 0.4) is 0 Å². The smallest absolute Gasteiger partial charge is 0.220 e. The number of carbonyl (C=O) groups excluding carboxylic acids is 1. The molecular formula is C20H23N3O2. The Morgan fingerprint density at radius 2 is 2.12 bits per heavy atom. The number of carbonyl (C=O) groups is 1. The van der Waals surface area contributed by atoms with E-state index in [0.717, 1.165) is 49.2 Å². The summed E-state index contributed by atoms with van der Waals surface area (Å²) in [6.45, 7) is 1.80. The maximum Gasteiger partial charge on any atom is 0.220 e. The number of nitrogens with one attached hydrogen (secondary N) is 2. The molecule has 0 saturated carbocycles. The zero-order valence-electron chi connectivity index (χ0n) is 14.2. The number of hydrogen-bond acceptors (Lipinski definition) is 4. The number of aromatic nitrogens is 1. The highest BCUT2D eigenvalue weighted by molar-refractivity contribution is 5.77. The summed E-state index contributed by atoms with van der Waals surface area (Å²) < 4.78 is 6.30. The highest BCUT2D eigenvalue weighted by atomic mass is 16.5. The van der Waals surface area contributed by atoms with Gasteiger partial charge in [0.15, 0.2) is 0 Å². The minimum Gasteiger partial charge on any atom is -0.485 e. The van der Waals surface area contributed by atoms with Crippen LogP contribution in [0.15, 0.2) is 48.8 Å². The van der Waals surface area contributed by atoms with E-state index in [1.807, 2.05) is 30.3 Å². The molecule has 0 aliphatic carbocycles. The van der Waals surface area contributed by atoms with Gasteiger partial charge < -0.3 is 15.4 Å². The van der Waals surface area contributed by atoms with Crippen LogP contribution in [0.2, 0.25) is 0 Å². The van der Waals surface area contributed by atoms with Gasteiger partial charge >= 0.3 is 0 Å². The molecule has 2 unspecified atom stereocenters. The molecule has 1 aromatic heterocycles. The summed E-state index contributed by atoms with van der Waals surface area (Å²) in [7, 11) is 0. The molecular weight excluding hydrogens is 314 g/mol. The third kappa shape index (κ3) is 3.51. The van der Waals surface area contributed by atoms with Gasteiger partial charge in [0.2, 0.25) is 5.91 Å². The lowest BCUT2D eigenvalue weighted by Crippen LogP contribution is -2.46. The number of aryl methyl sites for hydroxylation is 1. The van der Waals surface area contributed by atoms with Gasteiger partial charge in [-0.15, -0.1) is 0 Å². The number of para-hydroxylation sites is 1. The molecule has 1 saturated heterocycles. The van der Waals surface area contributed by atoms with E-state index in [2.05, 4.69) is 21.7 Å². The Morgan fingerprint density at radius 1 is 1.28 bits per heavy atom. The molecule has 1 fully saturated rings. The number of fused-ring (bicyclic) bond motifs is 1. The Hall–Kier alpha value is -2.40. The molecule has 2 aliphatic rings. The van der Waals surface area contributed by atoms with Crippen LogP contribution in [0.4, 0.5) is 0 Å². The van der Waals surface area contributed by atoms with Gasteiger partial charge in [-0.3, -0.25) is 9.78 Å². The molecule has 5 nitrogen and oxygen atoms in total. The van der Waals surface area contributed by atoms with Gasteiger partial charge in [-0.25, -0.2) is 0 Å². The van der Waals surface area contributed by atoms with Crippen LogP contribution < -0.4 is 15.4 Å². The van der Waals surface area contributed by atoms with Crippen molar-refractivity contribution in [3.8, 4) is 5.75 Å². The Bertz CT molecular complexity index is 742. The normalized spacial score (nSPS) is 24.6. The SMILES string of the molecule is O=C(CCc1ccncc1)NC1CC2(CCNC2)Oc2ccccc21. The predicted octanol–water partition coefficient (Wildman–Crippen LogP) is 2.39. The maximum absolute atomic E-state index is 12.5. The van der Waals surface area contributed by atoms with Crippen molar-refractivity contribution >= 4 is 5.91 Å². The summed E-state index contributed by atoms with van der Waals surface area (Å²) in [5.74, 6) is 0.983. The fourth-order valence-corrected chi connectivity index (χ4v) is 3.80. The van der Waals surface area contributed by atoms with Crippen LogP contribution in [-0.4, -0.2) is 29.6 Å². The number of pyridine rings is 1. The number of amides is 1. The van der Waals surface area contributed by atoms with E-state index in [0.29, 0.717) is 6.42 Å². The summed E-state index contributed by atoms with van der Waals surface area (Å²) in [5, 5.41) is 6.62. The van der Waals surface area contributed by atoms with Crippen LogP contribution in [0, 0.1) is 0 Å². The molecule has 1 spiro atoms. The van der Waals surface area contributed by atoms with E-state index < -0.39 is 0 Å². The first kappa shape index (κ1) is 16.1. The molecule has 3 heterocycles. The van der Waals surface area contributed by atoms with E-state index in [1.54, 1.807) is 12.4 Å². The molecule has 2 atom stereocenters. The Balaban J connectivity index is 1.46. The number of benzene rings is 1. The van der Waals surface area contributed by atoms with Gasteiger partial charge in [0.25, 0.3) is 0 Å². The van der Waals surface area contributed by atoms with Crippen molar-refractivity contribution in [1.82, 2.24) is 15.6 Å². The van der Waals surface area contributed by atoms with Gasteiger partial charge in [-0.05, 0) is 36.7 Å². The van der Waals surface area contributed by atoms with E-state index in [4.69, 9.17) is 4.74 Å². The quantitative estimate of drug-likeness (QED) is 0.899. The fraction of sp³-hybridized carbons (Fsp3) is 0.400. The van der Waals surface area contributed by atoms with Crippen molar-refractivity contribution in [2.24, 2.45) is 0 Å². The largest absolute Gasteiger partial charge is 0.485 e. The third-order valence-electron chi connectivity index (χ3n) is 5.13. The van der Waals surface area contributed by atoms with Gasteiger partial charge in [0, 0.05) is 43.8 Å². The Kier molecular flexibility index (Phi) is 4.40. The average molecular weight is 337 g/mol. The molecule has 5 heteroatoms. The maximum atomic E-state index is 12.5. The molecule has 2 aromatic rings. The second-order valence-electron chi connectivity index (χ2n) is 6.93. The van der Waals surface area contributed by atoms with Gasteiger partial charge in [-0.2, -0.15) is 0 Å². The molecule has 1 aromatic carbocycles. The van der Waals surface area contributed by atoms with Crippen molar-refractivity contribution in [2.75, 3.05) is 13.1 Å². The lowest BCUT2D eigenvalue weighted by molar-refractivity contribution is -0.122. The minimum atomic E-state index is -0.197. The Morgan fingerprint density at radius 3 is 2.92 bits per heavy atom. The number of ether oxygens (including phenoxy) is 1. The number of rotatable bonds is 4. The molecule has 0 radical (unpaired) electrons. The van der Waals surface area contributed by atoms with Gasteiger partial charge in [0.1, 0.15) is 11.4 Å². The first-order chi connectivity index (χ1) is 12.2. The molecule has 130 valence electrons. The minimum absolute atomic E-state index is 0.00906. The molecule has 2 aliphatic heterocycles. The standard InChI is InChI=1S/C20H23N3O2/c24-19(6-5-15-7-10-21-11-8-15)23-17-13-20(9-12-22-14-20)25-18-4-2-1-3-16(17)18/h1-4,7-8,10-11,17,22H,5-6,9,12-14H2,(H,23,24). The zero-order chi connectivity index (χ0) is 17.1. The number of hydrogen-bond donors (Lipinski definition) is 2. The summed E-state index contributed by atoms with van der Waals surface area (Å²) in [5.41, 5.74) is 2.02. The summed E-state index contributed by atoms with van der Waals surface area (Å²) in [6.07, 6.45) is 6.53. The average Bonchev–Trinajstić information content (AvgIpc) is 3.08. The summed E-state index contributed by atoms with van der Waals surface area (Å²) in [6, 6.07) is 12.0.